The molecule has 0 radical (unpaired) electrons. The molecule has 10 nitrogen and oxygen atoms in total. The number of nitrogens with zero attached hydrogens (tertiary/aromatic N) is 4. The van der Waals surface area contributed by atoms with E-state index in [0.717, 1.165) is 0 Å². The van der Waals surface area contributed by atoms with E-state index in [4.69, 9.17) is 14.0 Å². The first-order valence-electron chi connectivity index (χ1n) is 9.54. The number of rotatable bonds is 6. The molecule has 31 heavy (non-hydrogen) atoms. The quantitative estimate of drug-likeness (QED) is 0.523. The van der Waals surface area contributed by atoms with Gasteiger partial charge in [0, 0.05) is 31.0 Å². The van der Waals surface area contributed by atoms with Gasteiger partial charge in [0.15, 0.2) is 6.61 Å². The van der Waals surface area contributed by atoms with Crippen LogP contribution in [0.25, 0.3) is 11.4 Å². The van der Waals surface area contributed by atoms with Gasteiger partial charge in [0.1, 0.15) is 0 Å². The van der Waals surface area contributed by atoms with Crippen molar-refractivity contribution in [1.29, 1.82) is 0 Å². The Hall–Kier alpha value is -3.15. The van der Waals surface area contributed by atoms with E-state index >= 15 is 0 Å². The fourth-order valence-electron chi connectivity index (χ4n) is 3.07. The molecule has 3 aromatic rings. The van der Waals surface area contributed by atoms with Gasteiger partial charge in [-0.2, -0.15) is 9.29 Å². The van der Waals surface area contributed by atoms with Crippen LogP contribution in [0, 0.1) is 6.92 Å². The maximum Gasteiger partial charge on any atom is 0.338 e. The number of ether oxygens (including phenoxy) is 2. The van der Waals surface area contributed by atoms with Gasteiger partial charge in [-0.05, 0) is 36.8 Å². The van der Waals surface area contributed by atoms with Gasteiger partial charge in [0.2, 0.25) is 15.8 Å². The van der Waals surface area contributed by atoms with Gasteiger partial charge in [-0.25, -0.2) is 13.2 Å². The molecule has 162 valence electrons. The molecule has 1 saturated heterocycles. The van der Waals surface area contributed by atoms with Crippen molar-refractivity contribution < 1.29 is 27.2 Å². The van der Waals surface area contributed by atoms with E-state index in [0.29, 0.717) is 30.2 Å². The van der Waals surface area contributed by atoms with Gasteiger partial charge in [0.25, 0.3) is 5.89 Å². The van der Waals surface area contributed by atoms with Crippen molar-refractivity contribution in [2.24, 2.45) is 0 Å². The first-order valence-corrected chi connectivity index (χ1v) is 11.0. The average molecular weight is 444 g/mol. The molecule has 0 saturated carbocycles. The van der Waals surface area contributed by atoms with Crippen molar-refractivity contribution in [2.45, 2.75) is 18.4 Å². The third-order valence-electron chi connectivity index (χ3n) is 4.73. The van der Waals surface area contributed by atoms with E-state index in [2.05, 4.69) is 15.1 Å². The lowest BCUT2D eigenvalue weighted by atomic mass is 10.1. The number of sulfonamides is 1. The number of pyridine rings is 1. The topological polar surface area (TPSA) is 125 Å². The minimum absolute atomic E-state index is 0.0699. The number of hydrogen-bond donors (Lipinski definition) is 0. The zero-order chi connectivity index (χ0) is 21.8. The molecule has 1 aromatic carbocycles. The summed E-state index contributed by atoms with van der Waals surface area (Å²) in [5.41, 5.74) is 1.32. The van der Waals surface area contributed by atoms with Crippen LogP contribution in [-0.4, -0.2) is 60.1 Å². The molecule has 0 amide bonds. The van der Waals surface area contributed by atoms with Crippen molar-refractivity contribution in [1.82, 2.24) is 19.4 Å². The number of morpholine rings is 1. The summed E-state index contributed by atoms with van der Waals surface area (Å²) in [4.78, 5) is 20.7. The van der Waals surface area contributed by atoms with E-state index in [-0.39, 0.29) is 36.0 Å². The largest absolute Gasteiger partial charge is 0.452 e. The monoisotopic (exact) mass is 444 g/mol. The van der Waals surface area contributed by atoms with E-state index < -0.39 is 16.0 Å². The van der Waals surface area contributed by atoms with Gasteiger partial charge >= 0.3 is 5.97 Å². The molecule has 1 aliphatic rings. The van der Waals surface area contributed by atoms with Crippen LogP contribution in [0.5, 0.6) is 0 Å². The second kappa shape index (κ2) is 8.92. The fraction of sp³-hybridized carbons (Fsp3) is 0.300. The number of aryl methyl sites for hydroxylation is 1. The predicted molar refractivity (Wildman–Crippen MR) is 107 cm³/mol. The third-order valence-corrected chi connectivity index (χ3v) is 6.77. The lowest BCUT2D eigenvalue weighted by molar-refractivity contribution is 0.0429. The summed E-state index contributed by atoms with van der Waals surface area (Å²) in [6, 6.07) is 7.95. The minimum Gasteiger partial charge on any atom is -0.452 e. The van der Waals surface area contributed by atoms with Crippen molar-refractivity contribution in [3.63, 3.8) is 0 Å². The highest BCUT2D eigenvalue weighted by Gasteiger charge is 2.28. The molecule has 1 aliphatic heterocycles. The van der Waals surface area contributed by atoms with E-state index in [1.54, 1.807) is 37.5 Å². The Labute approximate surface area is 178 Å². The Kier molecular flexibility index (Phi) is 6.07. The molecule has 3 heterocycles. The molecule has 0 unspecified atom stereocenters. The molecule has 0 bridgehead atoms. The van der Waals surface area contributed by atoms with Crippen LogP contribution < -0.4 is 0 Å². The van der Waals surface area contributed by atoms with Crippen LogP contribution in [0.4, 0.5) is 0 Å². The minimum atomic E-state index is -3.74. The summed E-state index contributed by atoms with van der Waals surface area (Å²) in [6.45, 7) is 2.66. The van der Waals surface area contributed by atoms with Crippen LogP contribution in [0.15, 0.2) is 52.1 Å². The first-order chi connectivity index (χ1) is 14.9. The van der Waals surface area contributed by atoms with Crippen LogP contribution in [0.1, 0.15) is 21.8 Å². The highest BCUT2D eigenvalue weighted by molar-refractivity contribution is 7.89. The smallest absolute Gasteiger partial charge is 0.338 e. The second-order valence-corrected chi connectivity index (χ2v) is 8.73. The molecule has 11 heteroatoms. The molecule has 0 atom stereocenters. The van der Waals surface area contributed by atoms with Crippen LogP contribution >= 0.6 is 0 Å². The Morgan fingerprint density at radius 1 is 1.23 bits per heavy atom. The zero-order valence-electron chi connectivity index (χ0n) is 16.7. The Morgan fingerprint density at radius 3 is 2.77 bits per heavy atom. The van der Waals surface area contributed by atoms with Crippen LogP contribution in [0.2, 0.25) is 0 Å². The maximum absolute atomic E-state index is 13.0. The molecule has 0 spiro atoms. The van der Waals surface area contributed by atoms with Crippen molar-refractivity contribution in [3.05, 3.63) is 59.7 Å². The summed E-state index contributed by atoms with van der Waals surface area (Å²) in [5.74, 6) is -0.256. The Balaban J connectivity index is 1.47. The second-order valence-electron chi connectivity index (χ2n) is 6.83. The third kappa shape index (κ3) is 4.63. The van der Waals surface area contributed by atoms with Gasteiger partial charge in [-0.1, -0.05) is 11.2 Å². The van der Waals surface area contributed by atoms with Gasteiger partial charge in [0.05, 0.1) is 23.7 Å². The molecule has 4 rings (SSSR count). The summed E-state index contributed by atoms with van der Waals surface area (Å²) >= 11 is 0. The number of aromatic nitrogens is 3. The van der Waals surface area contributed by atoms with E-state index in [1.165, 1.54) is 16.4 Å². The molecule has 1 fully saturated rings. The predicted octanol–water partition coefficient (Wildman–Crippen LogP) is 1.82. The van der Waals surface area contributed by atoms with Crippen LogP contribution in [-0.2, 0) is 26.1 Å². The maximum atomic E-state index is 13.0. The first kappa shape index (κ1) is 21.1. The number of esters is 1. The normalized spacial score (nSPS) is 15.0. The highest BCUT2D eigenvalue weighted by atomic mass is 32.2. The Bertz CT molecular complexity index is 1170. The zero-order valence-corrected chi connectivity index (χ0v) is 17.5. The van der Waals surface area contributed by atoms with Crippen LogP contribution in [0.3, 0.4) is 0 Å². The summed E-state index contributed by atoms with van der Waals surface area (Å²) in [6.07, 6.45) is 3.21. The number of hydrogen-bond acceptors (Lipinski definition) is 9. The number of benzene rings is 1. The number of carbonyl (C=O) groups is 1. The van der Waals surface area contributed by atoms with Gasteiger partial charge in [-0.3, -0.25) is 4.98 Å². The SMILES string of the molecule is Cc1ccc(C(=O)OCc2nc(-c3cccnc3)no2)cc1S(=O)(=O)N1CCOCC1. The standard InChI is InChI=1S/C20H20N4O6S/c1-14-4-5-15(11-17(14)31(26,27)24-7-9-28-10-8-24)20(25)29-13-18-22-19(23-30-18)16-3-2-6-21-12-16/h2-6,11-12H,7-10,13H2,1H3. The number of carbonyl (C=O) groups excluding carboxylic acids is 1. The van der Waals surface area contributed by atoms with E-state index in [9.17, 15) is 13.2 Å². The van der Waals surface area contributed by atoms with Crippen molar-refractivity contribution in [3.8, 4) is 11.4 Å². The summed E-state index contributed by atoms with van der Waals surface area (Å²) in [5, 5.41) is 3.83. The molecule has 0 aliphatic carbocycles. The summed E-state index contributed by atoms with van der Waals surface area (Å²) in [7, 11) is -3.74. The van der Waals surface area contributed by atoms with Gasteiger partial charge < -0.3 is 14.0 Å². The molecule has 0 N–H and O–H groups in total. The summed E-state index contributed by atoms with van der Waals surface area (Å²) < 4.78 is 42.9. The Morgan fingerprint density at radius 2 is 2.03 bits per heavy atom. The lowest BCUT2D eigenvalue weighted by Crippen LogP contribution is -2.40. The average Bonchev–Trinajstić information content (AvgIpc) is 3.28. The van der Waals surface area contributed by atoms with Crippen molar-refractivity contribution in [2.75, 3.05) is 26.3 Å². The molecule has 2 aromatic heterocycles. The lowest BCUT2D eigenvalue weighted by Gasteiger charge is -2.26. The van der Waals surface area contributed by atoms with E-state index in [1.807, 2.05) is 0 Å². The van der Waals surface area contributed by atoms with Crippen molar-refractivity contribution >= 4 is 16.0 Å². The fourth-order valence-corrected chi connectivity index (χ4v) is 4.73. The molecular formula is C20H20N4O6S. The van der Waals surface area contributed by atoms with Gasteiger partial charge in [-0.15, -0.1) is 0 Å². The highest BCUT2D eigenvalue weighted by Crippen LogP contribution is 2.23. The molecular weight excluding hydrogens is 424 g/mol.